The van der Waals surface area contributed by atoms with Gasteiger partial charge in [0.2, 0.25) is 0 Å². The molecule has 3 aromatic rings. The first-order chi connectivity index (χ1) is 14.0. The third-order valence-electron chi connectivity index (χ3n) is 4.61. The van der Waals surface area contributed by atoms with Crippen LogP contribution in [0, 0.1) is 13.8 Å². The van der Waals surface area contributed by atoms with Gasteiger partial charge in [-0.25, -0.2) is 0 Å². The minimum atomic E-state index is -0.228. The Morgan fingerprint density at radius 3 is 2.28 bits per heavy atom. The Kier molecular flexibility index (Phi) is 6.68. The Hall–Kier alpha value is -3.54. The number of carbonyl (C=O) groups excluding carboxylic acids is 2. The molecular formula is C23H25N3O3. The predicted molar refractivity (Wildman–Crippen MR) is 113 cm³/mol. The van der Waals surface area contributed by atoms with Crippen LogP contribution in [0.1, 0.15) is 21.5 Å². The van der Waals surface area contributed by atoms with Gasteiger partial charge in [-0.1, -0.05) is 6.07 Å². The Morgan fingerprint density at radius 2 is 1.59 bits per heavy atom. The summed E-state index contributed by atoms with van der Waals surface area (Å²) in [4.78, 5) is 24.1. The first kappa shape index (κ1) is 20.2. The fourth-order valence-electron chi connectivity index (χ4n) is 2.78. The predicted octanol–water partition coefficient (Wildman–Crippen LogP) is 3.02. The number of hydrogen-bond donors (Lipinski definition) is 2. The summed E-state index contributed by atoms with van der Waals surface area (Å²) in [6.45, 7) is 4.64. The number of ether oxygens (including phenoxy) is 1. The Morgan fingerprint density at radius 1 is 0.897 bits per heavy atom. The fraction of sp³-hybridized carbons (Fsp3) is 0.217. The SMILES string of the molecule is Cc1ccc(OCC(=O)NCCNC(=O)c2ccc(-n3cccc3)cc2)cc1C. The number of aromatic nitrogens is 1. The van der Waals surface area contributed by atoms with Crippen LogP contribution in [0.2, 0.25) is 0 Å². The molecule has 2 aromatic carbocycles. The van der Waals surface area contributed by atoms with E-state index in [1.54, 1.807) is 12.1 Å². The number of rotatable bonds is 8. The van der Waals surface area contributed by atoms with E-state index in [4.69, 9.17) is 4.74 Å². The van der Waals surface area contributed by atoms with E-state index in [1.807, 2.05) is 73.3 Å². The Labute approximate surface area is 170 Å². The molecule has 0 spiro atoms. The molecule has 0 fully saturated rings. The molecule has 150 valence electrons. The van der Waals surface area contributed by atoms with E-state index >= 15 is 0 Å². The second kappa shape index (κ2) is 9.59. The zero-order valence-electron chi connectivity index (χ0n) is 16.6. The van der Waals surface area contributed by atoms with Crippen LogP contribution in [0.25, 0.3) is 5.69 Å². The number of nitrogens with one attached hydrogen (secondary N) is 2. The second-order valence-electron chi connectivity index (χ2n) is 6.78. The molecule has 0 bridgehead atoms. The zero-order chi connectivity index (χ0) is 20.6. The molecule has 0 unspecified atom stereocenters. The van der Waals surface area contributed by atoms with Crippen molar-refractivity contribution in [2.75, 3.05) is 19.7 Å². The van der Waals surface area contributed by atoms with Gasteiger partial charge in [0, 0.05) is 36.7 Å². The molecule has 2 N–H and O–H groups in total. The monoisotopic (exact) mass is 391 g/mol. The van der Waals surface area contributed by atoms with Crippen LogP contribution < -0.4 is 15.4 Å². The van der Waals surface area contributed by atoms with Crippen molar-refractivity contribution in [1.82, 2.24) is 15.2 Å². The minimum Gasteiger partial charge on any atom is -0.484 e. The van der Waals surface area contributed by atoms with Crippen LogP contribution >= 0.6 is 0 Å². The largest absolute Gasteiger partial charge is 0.484 e. The van der Waals surface area contributed by atoms with Gasteiger partial charge in [0.15, 0.2) is 6.61 Å². The first-order valence-corrected chi connectivity index (χ1v) is 9.51. The molecule has 0 saturated carbocycles. The van der Waals surface area contributed by atoms with E-state index in [1.165, 1.54) is 5.56 Å². The lowest BCUT2D eigenvalue weighted by Crippen LogP contribution is -2.36. The van der Waals surface area contributed by atoms with Crippen molar-refractivity contribution in [3.63, 3.8) is 0 Å². The number of benzene rings is 2. The van der Waals surface area contributed by atoms with Gasteiger partial charge < -0.3 is 19.9 Å². The van der Waals surface area contributed by atoms with Crippen LogP contribution in [0.15, 0.2) is 67.0 Å². The fourth-order valence-corrected chi connectivity index (χ4v) is 2.78. The normalized spacial score (nSPS) is 10.4. The third-order valence-corrected chi connectivity index (χ3v) is 4.61. The highest BCUT2D eigenvalue weighted by molar-refractivity contribution is 5.94. The van der Waals surface area contributed by atoms with Crippen molar-refractivity contribution >= 4 is 11.8 Å². The molecule has 3 rings (SSSR count). The van der Waals surface area contributed by atoms with E-state index in [9.17, 15) is 9.59 Å². The smallest absolute Gasteiger partial charge is 0.258 e. The maximum Gasteiger partial charge on any atom is 0.258 e. The summed E-state index contributed by atoms with van der Waals surface area (Å²) in [5.74, 6) is 0.262. The molecule has 2 amide bonds. The van der Waals surface area contributed by atoms with Crippen molar-refractivity contribution in [2.45, 2.75) is 13.8 Å². The molecule has 6 nitrogen and oxygen atoms in total. The number of amides is 2. The van der Waals surface area contributed by atoms with E-state index in [0.29, 0.717) is 24.4 Å². The van der Waals surface area contributed by atoms with Crippen LogP contribution in [0.5, 0.6) is 5.75 Å². The summed E-state index contributed by atoms with van der Waals surface area (Å²) in [6, 6.07) is 16.9. The summed E-state index contributed by atoms with van der Waals surface area (Å²) < 4.78 is 7.46. The van der Waals surface area contributed by atoms with Gasteiger partial charge in [-0.15, -0.1) is 0 Å². The zero-order valence-corrected chi connectivity index (χ0v) is 16.6. The standard InChI is InChI=1S/C23H25N3O3/c1-17-5-10-21(15-18(17)2)29-16-22(27)24-11-12-25-23(28)19-6-8-20(9-7-19)26-13-3-4-14-26/h3-10,13-15H,11-12,16H2,1-2H3,(H,24,27)(H,25,28). The van der Waals surface area contributed by atoms with Crippen LogP contribution in [0.3, 0.4) is 0 Å². The lowest BCUT2D eigenvalue weighted by Gasteiger charge is -2.10. The molecule has 29 heavy (non-hydrogen) atoms. The average molecular weight is 391 g/mol. The van der Waals surface area contributed by atoms with Crippen LogP contribution in [-0.4, -0.2) is 36.1 Å². The quantitative estimate of drug-likeness (QED) is 0.580. The molecule has 0 radical (unpaired) electrons. The number of carbonyl (C=O) groups is 2. The molecule has 0 atom stereocenters. The topological polar surface area (TPSA) is 72.4 Å². The van der Waals surface area contributed by atoms with Crippen molar-refractivity contribution < 1.29 is 14.3 Å². The average Bonchev–Trinajstić information content (AvgIpc) is 3.27. The first-order valence-electron chi connectivity index (χ1n) is 9.51. The summed E-state index contributed by atoms with van der Waals surface area (Å²) in [5.41, 5.74) is 3.86. The molecule has 0 aliphatic rings. The number of hydrogen-bond acceptors (Lipinski definition) is 3. The molecule has 1 aromatic heterocycles. The van der Waals surface area contributed by atoms with Gasteiger partial charge in [-0.05, 0) is 73.5 Å². The molecule has 0 saturated heterocycles. The highest BCUT2D eigenvalue weighted by Crippen LogP contribution is 2.16. The Bertz CT molecular complexity index is 964. The van der Waals surface area contributed by atoms with E-state index in [0.717, 1.165) is 11.3 Å². The summed E-state index contributed by atoms with van der Waals surface area (Å²) in [6.07, 6.45) is 3.89. The van der Waals surface area contributed by atoms with Gasteiger partial charge >= 0.3 is 0 Å². The van der Waals surface area contributed by atoms with Crippen LogP contribution in [0.4, 0.5) is 0 Å². The maximum atomic E-state index is 12.2. The lowest BCUT2D eigenvalue weighted by atomic mass is 10.1. The van der Waals surface area contributed by atoms with Crippen molar-refractivity contribution in [1.29, 1.82) is 0 Å². The van der Waals surface area contributed by atoms with Gasteiger partial charge in [0.05, 0.1) is 0 Å². The third kappa shape index (κ3) is 5.72. The van der Waals surface area contributed by atoms with Gasteiger partial charge in [0.25, 0.3) is 11.8 Å². The Balaban J connectivity index is 1.36. The highest BCUT2D eigenvalue weighted by Gasteiger charge is 2.07. The van der Waals surface area contributed by atoms with Crippen molar-refractivity contribution in [3.05, 3.63) is 83.7 Å². The van der Waals surface area contributed by atoms with Gasteiger partial charge in [-0.3, -0.25) is 9.59 Å². The van der Waals surface area contributed by atoms with Gasteiger partial charge in [0.1, 0.15) is 5.75 Å². The summed E-state index contributed by atoms with van der Waals surface area (Å²) in [5, 5.41) is 5.53. The molecule has 0 aliphatic carbocycles. The molecular weight excluding hydrogens is 366 g/mol. The number of aryl methyl sites for hydroxylation is 2. The van der Waals surface area contributed by atoms with Crippen LogP contribution in [-0.2, 0) is 4.79 Å². The van der Waals surface area contributed by atoms with E-state index < -0.39 is 0 Å². The minimum absolute atomic E-state index is 0.0582. The molecule has 0 aliphatic heterocycles. The maximum absolute atomic E-state index is 12.2. The van der Waals surface area contributed by atoms with Crippen molar-refractivity contribution in [3.8, 4) is 11.4 Å². The van der Waals surface area contributed by atoms with E-state index in [2.05, 4.69) is 10.6 Å². The molecule has 6 heteroatoms. The summed E-state index contributed by atoms with van der Waals surface area (Å²) in [7, 11) is 0. The van der Waals surface area contributed by atoms with E-state index in [-0.39, 0.29) is 18.4 Å². The second-order valence-corrected chi connectivity index (χ2v) is 6.78. The number of nitrogens with zero attached hydrogens (tertiary/aromatic N) is 1. The van der Waals surface area contributed by atoms with Gasteiger partial charge in [-0.2, -0.15) is 0 Å². The molecule has 1 heterocycles. The lowest BCUT2D eigenvalue weighted by molar-refractivity contribution is -0.123. The van der Waals surface area contributed by atoms with Crippen molar-refractivity contribution in [2.24, 2.45) is 0 Å². The summed E-state index contributed by atoms with van der Waals surface area (Å²) >= 11 is 0. The highest BCUT2D eigenvalue weighted by atomic mass is 16.5.